The number of aliphatic hydroxyl groups is 1. The number of hydrogen-bond acceptors (Lipinski definition) is 11. The Balaban J connectivity index is 2.68. The second-order valence-electron chi connectivity index (χ2n) is 8.92. The minimum atomic E-state index is -2.34. The Morgan fingerprint density at radius 2 is 1.83 bits per heavy atom. The highest BCUT2D eigenvalue weighted by molar-refractivity contribution is 5.93. The van der Waals surface area contributed by atoms with E-state index in [0.717, 1.165) is 33.5 Å². The largest absolute Gasteiger partial charge is 0.466 e. The summed E-state index contributed by atoms with van der Waals surface area (Å²) in [5.74, 6) is -5.52. The molecule has 198 valence electrons. The van der Waals surface area contributed by atoms with Crippen molar-refractivity contribution in [1.29, 1.82) is 0 Å². The van der Waals surface area contributed by atoms with E-state index in [0.29, 0.717) is 12.8 Å². The van der Waals surface area contributed by atoms with Gasteiger partial charge in [-0.25, -0.2) is 14.4 Å². The van der Waals surface area contributed by atoms with Gasteiger partial charge >= 0.3 is 29.8 Å². The normalized spacial score (nSPS) is 26.6. The molecule has 1 heterocycles. The summed E-state index contributed by atoms with van der Waals surface area (Å²) in [4.78, 5) is 61.9. The lowest BCUT2D eigenvalue weighted by atomic mass is 9.83. The monoisotopic (exact) mass is 508 g/mol. The second kappa shape index (κ2) is 11.5. The van der Waals surface area contributed by atoms with Gasteiger partial charge in [0.25, 0.3) is 0 Å². The molecule has 1 fully saturated rings. The zero-order valence-electron chi connectivity index (χ0n) is 21.2. The Hall–Kier alpha value is -3.47. The van der Waals surface area contributed by atoms with Crippen LogP contribution < -0.4 is 0 Å². The molecule has 1 aliphatic carbocycles. The zero-order valence-corrected chi connectivity index (χ0v) is 21.2. The van der Waals surface area contributed by atoms with Crippen molar-refractivity contribution >= 4 is 29.8 Å². The van der Waals surface area contributed by atoms with Crippen molar-refractivity contribution in [2.24, 2.45) is 5.92 Å². The average Bonchev–Trinajstić information content (AvgIpc) is 3.04. The maximum atomic E-state index is 13.2. The molecule has 0 saturated carbocycles. The van der Waals surface area contributed by atoms with Gasteiger partial charge in [-0.05, 0) is 39.7 Å². The molecular formula is C25H32O11. The molecule has 11 heteroatoms. The molecule has 0 aromatic rings. The van der Waals surface area contributed by atoms with Crippen LogP contribution in [0.3, 0.4) is 0 Å². The molecule has 2 rings (SSSR count). The van der Waals surface area contributed by atoms with Crippen molar-refractivity contribution in [3.05, 3.63) is 35.5 Å². The molecule has 36 heavy (non-hydrogen) atoms. The molecule has 0 bridgehead atoms. The van der Waals surface area contributed by atoms with Crippen molar-refractivity contribution in [1.82, 2.24) is 0 Å². The van der Waals surface area contributed by atoms with Crippen LogP contribution in [0, 0.1) is 5.92 Å². The third-order valence-electron chi connectivity index (χ3n) is 6.08. The van der Waals surface area contributed by atoms with Gasteiger partial charge in [0.15, 0.2) is 17.8 Å². The van der Waals surface area contributed by atoms with Crippen molar-refractivity contribution in [2.45, 2.75) is 77.5 Å². The number of carbonyl (C=O) groups excluding carboxylic acids is 5. The summed E-state index contributed by atoms with van der Waals surface area (Å²) < 4.78 is 26.4. The lowest BCUT2D eigenvalue weighted by Gasteiger charge is -2.36. The van der Waals surface area contributed by atoms with E-state index in [2.05, 4.69) is 6.58 Å². The van der Waals surface area contributed by atoms with Crippen molar-refractivity contribution < 1.29 is 52.8 Å². The van der Waals surface area contributed by atoms with E-state index in [1.807, 2.05) is 0 Å². The molecule has 6 unspecified atom stereocenters. The quantitative estimate of drug-likeness (QED) is 0.240. The molecular weight excluding hydrogens is 476 g/mol. The first-order chi connectivity index (χ1) is 16.7. The van der Waals surface area contributed by atoms with Crippen LogP contribution in [0.25, 0.3) is 0 Å². The Labute approximate surface area is 209 Å². The first-order valence-corrected chi connectivity index (χ1v) is 11.3. The minimum absolute atomic E-state index is 0.0866. The van der Waals surface area contributed by atoms with E-state index in [4.69, 9.17) is 23.7 Å². The zero-order chi connectivity index (χ0) is 27.4. The summed E-state index contributed by atoms with van der Waals surface area (Å²) in [6.07, 6.45) is -1.39. The smallest absolute Gasteiger partial charge is 0.342 e. The topological polar surface area (TPSA) is 152 Å². The summed E-state index contributed by atoms with van der Waals surface area (Å²) >= 11 is 0. The Morgan fingerprint density at radius 1 is 1.19 bits per heavy atom. The van der Waals surface area contributed by atoms with Gasteiger partial charge in [-0.2, -0.15) is 0 Å². The molecule has 1 aliphatic heterocycles. The Morgan fingerprint density at radius 3 is 2.39 bits per heavy atom. The maximum Gasteiger partial charge on any atom is 0.342 e. The van der Waals surface area contributed by atoms with Crippen LogP contribution in [0.1, 0.15) is 47.5 Å². The number of ether oxygens (including phenoxy) is 5. The lowest BCUT2D eigenvalue weighted by Crippen LogP contribution is -2.53. The highest BCUT2D eigenvalue weighted by Gasteiger charge is 2.52. The number of fused-ring (bicyclic) bond motifs is 1. The molecule has 0 aromatic heterocycles. The fourth-order valence-corrected chi connectivity index (χ4v) is 3.96. The van der Waals surface area contributed by atoms with Gasteiger partial charge in [0.05, 0.1) is 18.6 Å². The molecule has 0 spiro atoms. The fourth-order valence-electron chi connectivity index (χ4n) is 3.96. The maximum absolute atomic E-state index is 13.2. The fraction of sp³-hybridized carbons (Fsp3) is 0.560. The van der Waals surface area contributed by atoms with Crippen LogP contribution >= 0.6 is 0 Å². The molecule has 1 N–H and O–H groups in total. The second-order valence-corrected chi connectivity index (χ2v) is 8.92. The van der Waals surface area contributed by atoms with E-state index >= 15 is 0 Å². The van der Waals surface area contributed by atoms with E-state index < -0.39 is 65.8 Å². The number of methoxy groups -OCH3 is 1. The summed E-state index contributed by atoms with van der Waals surface area (Å²) in [7, 11) is 1.13. The summed E-state index contributed by atoms with van der Waals surface area (Å²) in [6, 6.07) is 0. The summed E-state index contributed by atoms with van der Waals surface area (Å²) in [6.45, 7) is 10.1. The molecule has 2 aliphatic rings. The highest BCUT2D eigenvalue weighted by Crippen LogP contribution is 2.38. The highest BCUT2D eigenvalue weighted by atomic mass is 16.6. The molecule has 6 atom stereocenters. The van der Waals surface area contributed by atoms with E-state index in [-0.39, 0.29) is 11.1 Å². The predicted molar refractivity (Wildman–Crippen MR) is 123 cm³/mol. The van der Waals surface area contributed by atoms with Gasteiger partial charge in [-0.1, -0.05) is 18.2 Å². The van der Waals surface area contributed by atoms with Gasteiger partial charge in [-0.3, -0.25) is 9.59 Å². The predicted octanol–water partition coefficient (Wildman–Crippen LogP) is 1.47. The molecule has 1 saturated heterocycles. The number of hydrogen-bond donors (Lipinski definition) is 1. The van der Waals surface area contributed by atoms with E-state index in [1.54, 1.807) is 13.0 Å². The lowest BCUT2D eigenvalue weighted by molar-refractivity contribution is -0.196. The summed E-state index contributed by atoms with van der Waals surface area (Å²) in [5, 5.41) is 10.8. The Bertz CT molecular complexity index is 1000. The van der Waals surface area contributed by atoms with Crippen LogP contribution in [0.15, 0.2) is 35.5 Å². The first-order valence-electron chi connectivity index (χ1n) is 11.3. The van der Waals surface area contributed by atoms with Crippen LogP contribution in [0.5, 0.6) is 0 Å². The number of carbonyl (C=O) groups is 5. The van der Waals surface area contributed by atoms with Gasteiger partial charge in [0.1, 0.15) is 12.2 Å². The molecule has 0 amide bonds. The van der Waals surface area contributed by atoms with Gasteiger partial charge < -0.3 is 28.8 Å². The minimum Gasteiger partial charge on any atom is -0.466 e. The van der Waals surface area contributed by atoms with Crippen molar-refractivity contribution in [2.75, 3.05) is 7.11 Å². The number of esters is 5. The summed E-state index contributed by atoms with van der Waals surface area (Å²) in [5.41, 5.74) is -1.74. The van der Waals surface area contributed by atoms with Gasteiger partial charge in [0.2, 0.25) is 0 Å². The molecule has 0 radical (unpaired) electrons. The van der Waals surface area contributed by atoms with Gasteiger partial charge in [0, 0.05) is 19.4 Å². The third kappa shape index (κ3) is 6.39. The van der Waals surface area contributed by atoms with Crippen LogP contribution in [0.2, 0.25) is 0 Å². The third-order valence-corrected chi connectivity index (χ3v) is 6.08. The number of rotatable bonds is 6. The SMILES string of the molecule is C=C1C(=O)OC2C=C(C)CCC=C(C(=O)OC)C(OC(C)=O)C(OC(=O)C(C)(O)C(C)OC(C)=O)C12. The van der Waals surface area contributed by atoms with E-state index in [9.17, 15) is 29.1 Å². The van der Waals surface area contributed by atoms with Crippen LogP contribution in [-0.2, 0) is 47.7 Å². The molecule has 11 nitrogen and oxygen atoms in total. The van der Waals surface area contributed by atoms with Gasteiger partial charge in [-0.15, -0.1) is 0 Å². The van der Waals surface area contributed by atoms with E-state index in [1.165, 1.54) is 13.0 Å². The number of allylic oxidation sites excluding steroid dienone is 2. The molecule has 0 aromatic carbocycles. The van der Waals surface area contributed by atoms with Crippen molar-refractivity contribution in [3.8, 4) is 0 Å². The van der Waals surface area contributed by atoms with Crippen LogP contribution in [-0.4, -0.2) is 72.1 Å². The van der Waals surface area contributed by atoms with Crippen molar-refractivity contribution in [3.63, 3.8) is 0 Å². The Kier molecular flexibility index (Phi) is 9.20. The standard InChI is InChI=1S/C25H32O11/c1-12-9-8-10-17(23(29)32-7)20(34-16(5)27)21(19-13(2)22(28)35-18(19)11-12)36-24(30)25(6,31)14(3)33-15(4)26/h10-11,14,18-21,31H,2,8-9H2,1,3-7H3. The first kappa shape index (κ1) is 28.8. The average molecular weight is 509 g/mol. The van der Waals surface area contributed by atoms with Crippen LogP contribution in [0.4, 0.5) is 0 Å².